The zero-order valence-electron chi connectivity index (χ0n) is 16.6. The number of ether oxygens (including phenoxy) is 2. The highest BCUT2D eigenvalue weighted by molar-refractivity contribution is 7.13. The molecule has 1 N–H and O–H groups in total. The summed E-state index contributed by atoms with van der Waals surface area (Å²) in [6.45, 7) is 7.03. The normalized spacial score (nSPS) is 24.0. The van der Waals surface area contributed by atoms with Gasteiger partial charge in [-0.3, -0.25) is 4.90 Å². The SMILES string of the molecule is COc1ccc(-c2nc(C(C)(C)NC(=O)O[C@@H]3CN4CCC3CC4)cs2)cc1. The fourth-order valence-corrected chi connectivity index (χ4v) is 4.95. The van der Waals surface area contributed by atoms with E-state index in [1.807, 2.05) is 43.5 Å². The van der Waals surface area contributed by atoms with Gasteiger partial charge in [-0.05, 0) is 70.0 Å². The minimum absolute atomic E-state index is 0.00333. The molecule has 0 saturated carbocycles. The molecule has 2 aromatic rings. The molecule has 1 atom stereocenters. The van der Waals surface area contributed by atoms with Gasteiger partial charge in [-0.25, -0.2) is 9.78 Å². The van der Waals surface area contributed by atoms with Crippen LogP contribution in [-0.2, 0) is 10.3 Å². The molecule has 2 bridgehead atoms. The number of alkyl carbamates (subject to hydrolysis) is 1. The van der Waals surface area contributed by atoms with Crippen LogP contribution in [0.15, 0.2) is 29.6 Å². The van der Waals surface area contributed by atoms with Gasteiger partial charge >= 0.3 is 6.09 Å². The Morgan fingerprint density at radius 2 is 1.96 bits per heavy atom. The van der Waals surface area contributed by atoms with E-state index in [0.717, 1.165) is 54.5 Å². The molecule has 1 aromatic heterocycles. The van der Waals surface area contributed by atoms with E-state index in [1.54, 1.807) is 18.4 Å². The number of carbonyl (C=O) groups excluding carboxylic acids is 1. The molecule has 3 fully saturated rings. The minimum Gasteiger partial charge on any atom is -0.497 e. The van der Waals surface area contributed by atoms with Crippen LogP contribution in [-0.4, -0.2) is 48.8 Å². The zero-order valence-corrected chi connectivity index (χ0v) is 17.4. The summed E-state index contributed by atoms with van der Waals surface area (Å²) in [5.41, 5.74) is 1.25. The number of methoxy groups -OCH3 is 1. The van der Waals surface area contributed by atoms with Gasteiger partial charge in [-0.2, -0.15) is 0 Å². The summed E-state index contributed by atoms with van der Waals surface area (Å²) in [6, 6.07) is 7.82. The summed E-state index contributed by atoms with van der Waals surface area (Å²) >= 11 is 1.56. The molecule has 150 valence electrons. The highest BCUT2D eigenvalue weighted by atomic mass is 32.1. The molecule has 7 heteroatoms. The van der Waals surface area contributed by atoms with Crippen molar-refractivity contribution in [3.63, 3.8) is 0 Å². The summed E-state index contributed by atoms with van der Waals surface area (Å²) < 4.78 is 11.0. The van der Waals surface area contributed by atoms with Gasteiger partial charge in [0, 0.05) is 17.5 Å². The van der Waals surface area contributed by atoms with E-state index in [4.69, 9.17) is 14.5 Å². The first-order chi connectivity index (χ1) is 13.4. The van der Waals surface area contributed by atoms with Gasteiger partial charge in [0.1, 0.15) is 16.9 Å². The smallest absolute Gasteiger partial charge is 0.408 e. The van der Waals surface area contributed by atoms with Crippen molar-refractivity contribution in [1.29, 1.82) is 0 Å². The van der Waals surface area contributed by atoms with Crippen LogP contribution in [0.1, 0.15) is 32.4 Å². The number of amides is 1. The Balaban J connectivity index is 1.40. The van der Waals surface area contributed by atoms with Gasteiger partial charge in [0.2, 0.25) is 0 Å². The quantitative estimate of drug-likeness (QED) is 0.824. The molecule has 3 aliphatic heterocycles. The lowest BCUT2D eigenvalue weighted by atomic mass is 9.86. The summed E-state index contributed by atoms with van der Waals surface area (Å²) in [5.74, 6) is 1.32. The molecule has 0 unspecified atom stereocenters. The van der Waals surface area contributed by atoms with Crippen molar-refractivity contribution in [2.75, 3.05) is 26.7 Å². The molecule has 1 amide bonds. The maximum absolute atomic E-state index is 12.5. The van der Waals surface area contributed by atoms with Crippen LogP contribution >= 0.6 is 11.3 Å². The molecule has 0 spiro atoms. The molecule has 4 heterocycles. The maximum atomic E-state index is 12.5. The van der Waals surface area contributed by atoms with Gasteiger partial charge < -0.3 is 14.8 Å². The third kappa shape index (κ3) is 4.00. The highest BCUT2D eigenvalue weighted by Gasteiger charge is 2.37. The average Bonchev–Trinajstić information content (AvgIpc) is 3.20. The predicted molar refractivity (Wildman–Crippen MR) is 110 cm³/mol. The molecule has 1 aromatic carbocycles. The van der Waals surface area contributed by atoms with Gasteiger partial charge in [-0.1, -0.05) is 0 Å². The summed E-state index contributed by atoms with van der Waals surface area (Å²) in [5, 5.41) is 5.92. The molecule has 0 radical (unpaired) electrons. The third-order valence-electron chi connectivity index (χ3n) is 5.75. The average molecular weight is 402 g/mol. The molecular formula is C21H27N3O3S. The van der Waals surface area contributed by atoms with E-state index in [2.05, 4.69) is 10.2 Å². The lowest BCUT2D eigenvalue weighted by Gasteiger charge is -2.44. The van der Waals surface area contributed by atoms with Crippen LogP contribution in [0.2, 0.25) is 0 Å². The topological polar surface area (TPSA) is 63.7 Å². The molecule has 5 rings (SSSR count). The number of carbonyl (C=O) groups is 1. The van der Waals surface area contributed by atoms with Crippen LogP contribution in [0.3, 0.4) is 0 Å². The molecule has 3 saturated heterocycles. The number of aromatic nitrogens is 1. The summed E-state index contributed by atoms with van der Waals surface area (Å²) in [4.78, 5) is 19.7. The number of rotatable bonds is 5. The van der Waals surface area contributed by atoms with Crippen LogP contribution in [0.4, 0.5) is 4.79 Å². The van der Waals surface area contributed by atoms with Crippen LogP contribution in [0.5, 0.6) is 5.75 Å². The second kappa shape index (κ2) is 7.72. The number of hydrogen-bond acceptors (Lipinski definition) is 6. The Labute approximate surface area is 169 Å². The minimum atomic E-state index is -0.605. The zero-order chi connectivity index (χ0) is 19.7. The van der Waals surface area contributed by atoms with E-state index in [1.165, 1.54) is 0 Å². The van der Waals surface area contributed by atoms with Crippen molar-refractivity contribution in [3.05, 3.63) is 35.3 Å². The maximum Gasteiger partial charge on any atom is 0.408 e. The lowest BCUT2D eigenvalue weighted by Crippen LogP contribution is -2.53. The number of piperidine rings is 3. The van der Waals surface area contributed by atoms with Gasteiger partial charge in [-0.15, -0.1) is 11.3 Å². The Kier molecular flexibility index (Phi) is 5.29. The summed E-state index contributed by atoms with van der Waals surface area (Å²) in [7, 11) is 1.65. The van der Waals surface area contributed by atoms with E-state index >= 15 is 0 Å². The van der Waals surface area contributed by atoms with Gasteiger partial charge in [0.25, 0.3) is 0 Å². The first-order valence-corrected chi connectivity index (χ1v) is 10.6. The fourth-order valence-electron chi connectivity index (χ4n) is 3.96. The standard InChI is InChI=1S/C21H27N3O3S/c1-21(2,23-20(25)27-17-12-24-10-8-14(17)9-11-24)18-13-28-19(22-18)15-4-6-16(26-3)7-5-15/h4-7,13-14,17H,8-12H2,1-3H3,(H,23,25)/t17-/m1/s1. The van der Waals surface area contributed by atoms with E-state index in [9.17, 15) is 4.79 Å². The van der Waals surface area contributed by atoms with E-state index < -0.39 is 5.54 Å². The lowest BCUT2D eigenvalue weighted by molar-refractivity contribution is -0.0350. The van der Waals surface area contributed by atoms with Gasteiger partial charge in [0.05, 0.1) is 18.3 Å². The largest absolute Gasteiger partial charge is 0.497 e. The monoisotopic (exact) mass is 401 g/mol. The van der Waals surface area contributed by atoms with Crippen molar-refractivity contribution in [1.82, 2.24) is 15.2 Å². The Morgan fingerprint density at radius 1 is 1.25 bits per heavy atom. The number of nitrogens with one attached hydrogen (secondary N) is 1. The number of hydrogen-bond donors (Lipinski definition) is 1. The molecule has 6 nitrogen and oxygen atoms in total. The van der Waals surface area contributed by atoms with Crippen LogP contribution < -0.4 is 10.1 Å². The highest BCUT2D eigenvalue weighted by Crippen LogP contribution is 2.31. The number of thiazole rings is 1. The summed E-state index contributed by atoms with van der Waals surface area (Å²) in [6.07, 6.45) is 1.89. The molecule has 0 aliphatic carbocycles. The Morgan fingerprint density at radius 3 is 2.57 bits per heavy atom. The number of benzene rings is 1. The number of nitrogens with zero attached hydrogens (tertiary/aromatic N) is 2. The Bertz CT molecular complexity index is 826. The predicted octanol–water partition coefficient (Wildman–Crippen LogP) is 3.87. The van der Waals surface area contributed by atoms with Crippen molar-refractivity contribution in [2.45, 2.75) is 38.3 Å². The first kappa shape index (κ1) is 19.2. The molecule has 3 aliphatic rings. The molecule has 28 heavy (non-hydrogen) atoms. The molecular weight excluding hydrogens is 374 g/mol. The first-order valence-electron chi connectivity index (χ1n) is 9.76. The third-order valence-corrected chi connectivity index (χ3v) is 6.64. The van der Waals surface area contributed by atoms with Crippen molar-refractivity contribution in [3.8, 4) is 16.3 Å². The fraction of sp³-hybridized carbons (Fsp3) is 0.524. The second-order valence-electron chi connectivity index (χ2n) is 8.10. The van der Waals surface area contributed by atoms with Crippen molar-refractivity contribution in [2.24, 2.45) is 5.92 Å². The van der Waals surface area contributed by atoms with E-state index in [-0.39, 0.29) is 12.2 Å². The van der Waals surface area contributed by atoms with Gasteiger partial charge in [0.15, 0.2) is 0 Å². The number of fused-ring (bicyclic) bond motifs is 3. The van der Waals surface area contributed by atoms with Crippen LogP contribution in [0.25, 0.3) is 10.6 Å². The van der Waals surface area contributed by atoms with E-state index in [0.29, 0.717) is 5.92 Å². The second-order valence-corrected chi connectivity index (χ2v) is 8.96. The van der Waals surface area contributed by atoms with Crippen LogP contribution in [0, 0.1) is 5.92 Å². The Hall–Kier alpha value is -2.12. The van der Waals surface area contributed by atoms with Crippen molar-refractivity contribution >= 4 is 17.4 Å². The van der Waals surface area contributed by atoms with Crippen molar-refractivity contribution < 1.29 is 14.3 Å².